The molecule has 0 amide bonds. The highest BCUT2D eigenvalue weighted by Gasteiger charge is 2.00. The third-order valence-electron chi connectivity index (χ3n) is 2.66. The molecule has 2 nitrogen and oxygen atoms in total. The summed E-state index contributed by atoms with van der Waals surface area (Å²) >= 11 is 1.96. The largest absolute Gasteiger partial charge is 0.269 e. The van der Waals surface area contributed by atoms with E-state index in [-0.39, 0.29) is 0 Å². The SMILES string of the molecule is Cc1cc(C)n(CCSCc2ccccc2)n1. The first-order chi connectivity index (χ1) is 8.25. The van der Waals surface area contributed by atoms with Crippen molar-refractivity contribution < 1.29 is 0 Å². The van der Waals surface area contributed by atoms with Gasteiger partial charge in [0.25, 0.3) is 0 Å². The molecular formula is C14H18N2S. The second-order valence-electron chi connectivity index (χ2n) is 4.19. The van der Waals surface area contributed by atoms with Gasteiger partial charge in [-0.1, -0.05) is 30.3 Å². The van der Waals surface area contributed by atoms with Gasteiger partial charge in [0.1, 0.15) is 0 Å². The van der Waals surface area contributed by atoms with Gasteiger partial charge in [-0.25, -0.2) is 0 Å². The van der Waals surface area contributed by atoms with E-state index in [0.29, 0.717) is 0 Å². The summed E-state index contributed by atoms with van der Waals surface area (Å²) < 4.78 is 2.09. The molecule has 0 bridgehead atoms. The summed E-state index contributed by atoms with van der Waals surface area (Å²) in [5.41, 5.74) is 3.75. The van der Waals surface area contributed by atoms with E-state index in [1.165, 1.54) is 11.3 Å². The number of benzene rings is 1. The Hall–Kier alpha value is -1.22. The lowest BCUT2D eigenvalue weighted by Crippen LogP contribution is -2.04. The number of hydrogen-bond donors (Lipinski definition) is 0. The van der Waals surface area contributed by atoms with E-state index >= 15 is 0 Å². The average Bonchev–Trinajstić information content (AvgIpc) is 2.65. The third-order valence-corrected chi connectivity index (χ3v) is 3.67. The number of hydrogen-bond acceptors (Lipinski definition) is 2. The average molecular weight is 246 g/mol. The predicted molar refractivity (Wildman–Crippen MR) is 74.3 cm³/mol. The highest BCUT2D eigenvalue weighted by molar-refractivity contribution is 7.98. The summed E-state index contributed by atoms with van der Waals surface area (Å²) in [5, 5.41) is 4.46. The van der Waals surface area contributed by atoms with Crippen molar-refractivity contribution >= 4 is 11.8 Å². The highest BCUT2D eigenvalue weighted by atomic mass is 32.2. The van der Waals surface area contributed by atoms with Crippen molar-refractivity contribution in [3.8, 4) is 0 Å². The summed E-state index contributed by atoms with van der Waals surface area (Å²) in [7, 11) is 0. The molecule has 1 heterocycles. The van der Waals surface area contributed by atoms with Crippen LogP contribution in [-0.4, -0.2) is 15.5 Å². The van der Waals surface area contributed by atoms with Crippen molar-refractivity contribution in [3.63, 3.8) is 0 Å². The van der Waals surface area contributed by atoms with Crippen LogP contribution in [0.3, 0.4) is 0 Å². The first kappa shape index (κ1) is 12.2. The molecule has 0 aliphatic heterocycles. The van der Waals surface area contributed by atoms with E-state index in [1.54, 1.807) is 0 Å². The lowest BCUT2D eigenvalue weighted by atomic mass is 10.2. The van der Waals surface area contributed by atoms with Gasteiger partial charge in [0.15, 0.2) is 0 Å². The predicted octanol–water partition coefficient (Wildman–Crippen LogP) is 3.43. The van der Waals surface area contributed by atoms with E-state index in [2.05, 4.69) is 53.1 Å². The molecule has 0 spiro atoms. The van der Waals surface area contributed by atoms with Gasteiger partial charge in [-0.3, -0.25) is 4.68 Å². The minimum atomic E-state index is 0.997. The maximum Gasteiger partial charge on any atom is 0.0596 e. The van der Waals surface area contributed by atoms with Crippen LogP contribution >= 0.6 is 11.8 Å². The fraction of sp³-hybridized carbons (Fsp3) is 0.357. The van der Waals surface area contributed by atoms with Crippen LogP contribution in [0.2, 0.25) is 0 Å². The molecule has 1 aromatic carbocycles. The molecular weight excluding hydrogens is 228 g/mol. The van der Waals surface area contributed by atoms with Crippen LogP contribution in [-0.2, 0) is 12.3 Å². The molecule has 3 heteroatoms. The lowest BCUT2D eigenvalue weighted by molar-refractivity contribution is 0.640. The van der Waals surface area contributed by atoms with Crippen LogP contribution in [0, 0.1) is 13.8 Å². The number of rotatable bonds is 5. The number of aromatic nitrogens is 2. The molecule has 2 rings (SSSR count). The van der Waals surface area contributed by atoms with E-state index in [9.17, 15) is 0 Å². The summed E-state index contributed by atoms with van der Waals surface area (Å²) in [6.45, 7) is 5.15. The number of nitrogens with zero attached hydrogens (tertiary/aromatic N) is 2. The van der Waals surface area contributed by atoms with Crippen molar-refractivity contribution in [2.24, 2.45) is 0 Å². The van der Waals surface area contributed by atoms with E-state index < -0.39 is 0 Å². The summed E-state index contributed by atoms with van der Waals surface area (Å²) in [4.78, 5) is 0. The summed E-state index contributed by atoms with van der Waals surface area (Å²) in [6, 6.07) is 12.7. The van der Waals surface area contributed by atoms with Crippen molar-refractivity contribution in [2.45, 2.75) is 26.1 Å². The highest BCUT2D eigenvalue weighted by Crippen LogP contribution is 2.12. The zero-order chi connectivity index (χ0) is 12.1. The van der Waals surface area contributed by atoms with Gasteiger partial charge in [0.2, 0.25) is 0 Å². The quantitative estimate of drug-likeness (QED) is 0.752. The molecule has 1 aromatic heterocycles. The van der Waals surface area contributed by atoms with Crippen LogP contribution in [0.25, 0.3) is 0 Å². The maximum absolute atomic E-state index is 4.46. The number of thioether (sulfide) groups is 1. The Morgan fingerprint density at radius 1 is 1.18 bits per heavy atom. The lowest BCUT2D eigenvalue weighted by Gasteiger charge is -2.04. The molecule has 0 atom stereocenters. The normalized spacial score (nSPS) is 10.7. The Bertz CT molecular complexity index is 462. The van der Waals surface area contributed by atoms with Crippen molar-refractivity contribution in [1.29, 1.82) is 0 Å². The van der Waals surface area contributed by atoms with Gasteiger partial charge in [-0.05, 0) is 25.5 Å². The van der Waals surface area contributed by atoms with Crippen LogP contribution in [0.5, 0.6) is 0 Å². The van der Waals surface area contributed by atoms with E-state index in [0.717, 1.165) is 23.7 Å². The zero-order valence-electron chi connectivity index (χ0n) is 10.4. The first-order valence-corrected chi connectivity index (χ1v) is 7.04. The maximum atomic E-state index is 4.46. The van der Waals surface area contributed by atoms with Crippen LogP contribution in [0.15, 0.2) is 36.4 Å². The molecule has 0 aliphatic carbocycles. The second kappa shape index (κ2) is 5.92. The molecule has 0 N–H and O–H groups in total. The summed E-state index contributed by atoms with van der Waals surface area (Å²) in [6.07, 6.45) is 0. The Morgan fingerprint density at radius 2 is 1.94 bits per heavy atom. The van der Waals surface area contributed by atoms with Gasteiger partial charge in [-0.2, -0.15) is 16.9 Å². The van der Waals surface area contributed by atoms with Gasteiger partial charge < -0.3 is 0 Å². The molecule has 17 heavy (non-hydrogen) atoms. The molecule has 90 valence electrons. The molecule has 0 radical (unpaired) electrons. The topological polar surface area (TPSA) is 17.8 Å². The molecule has 2 aromatic rings. The van der Waals surface area contributed by atoms with Gasteiger partial charge >= 0.3 is 0 Å². The Morgan fingerprint density at radius 3 is 2.59 bits per heavy atom. The van der Waals surface area contributed by atoms with Crippen LogP contribution in [0.4, 0.5) is 0 Å². The Balaban J connectivity index is 1.75. The van der Waals surface area contributed by atoms with Gasteiger partial charge in [-0.15, -0.1) is 0 Å². The molecule has 0 saturated carbocycles. The monoisotopic (exact) mass is 246 g/mol. The minimum absolute atomic E-state index is 0.997. The molecule has 0 saturated heterocycles. The fourth-order valence-corrected chi connectivity index (χ4v) is 2.69. The number of aryl methyl sites for hydroxylation is 3. The van der Waals surface area contributed by atoms with Crippen molar-refractivity contribution in [1.82, 2.24) is 9.78 Å². The van der Waals surface area contributed by atoms with Crippen molar-refractivity contribution in [2.75, 3.05) is 5.75 Å². The van der Waals surface area contributed by atoms with Crippen molar-refractivity contribution in [3.05, 3.63) is 53.3 Å². The smallest absolute Gasteiger partial charge is 0.0596 e. The first-order valence-electron chi connectivity index (χ1n) is 5.88. The van der Waals surface area contributed by atoms with Crippen LogP contribution in [0.1, 0.15) is 17.0 Å². The van der Waals surface area contributed by atoms with Crippen LogP contribution < -0.4 is 0 Å². The van der Waals surface area contributed by atoms with E-state index in [1.807, 2.05) is 18.7 Å². The standard InChI is InChI=1S/C14H18N2S/c1-12-10-13(2)16(15-12)8-9-17-11-14-6-4-3-5-7-14/h3-7,10H,8-9,11H2,1-2H3. The molecule has 0 aliphatic rings. The third kappa shape index (κ3) is 3.63. The van der Waals surface area contributed by atoms with Gasteiger partial charge in [0.05, 0.1) is 12.2 Å². The second-order valence-corrected chi connectivity index (χ2v) is 5.29. The molecule has 0 fully saturated rings. The fourth-order valence-electron chi connectivity index (χ4n) is 1.82. The Kier molecular flexibility index (Phi) is 4.26. The summed E-state index contributed by atoms with van der Waals surface area (Å²) in [5.74, 6) is 2.19. The zero-order valence-corrected chi connectivity index (χ0v) is 11.2. The van der Waals surface area contributed by atoms with E-state index in [4.69, 9.17) is 0 Å². The Labute approximate surface area is 107 Å². The van der Waals surface area contributed by atoms with Gasteiger partial charge in [0, 0.05) is 17.2 Å². The molecule has 0 unspecified atom stereocenters. The minimum Gasteiger partial charge on any atom is -0.269 e.